The topological polar surface area (TPSA) is 82.2 Å². The van der Waals surface area contributed by atoms with E-state index >= 15 is 0 Å². The van der Waals surface area contributed by atoms with Gasteiger partial charge in [0.1, 0.15) is 12.1 Å². The van der Waals surface area contributed by atoms with Crippen molar-refractivity contribution in [3.05, 3.63) is 54.1 Å². The summed E-state index contributed by atoms with van der Waals surface area (Å²) in [5, 5.41) is 2.51. The number of rotatable bonds is 6. The summed E-state index contributed by atoms with van der Waals surface area (Å²) in [6.45, 7) is 10.4. The van der Waals surface area contributed by atoms with Crippen molar-refractivity contribution in [1.29, 1.82) is 0 Å². The molecule has 3 amide bonds. The lowest BCUT2D eigenvalue weighted by Gasteiger charge is -2.35. The second-order valence-electron chi connectivity index (χ2n) is 9.85. The zero-order chi connectivity index (χ0) is 25.6. The molecule has 0 spiro atoms. The molecule has 1 fully saturated rings. The predicted octanol–water partition coefficient (Wildman–Crippen LogP) is 3.51. The number of amides is 3. The maximum absolute atomic E-state index is 12.4. The monoisotopic (exact) mass is 480 g/mol. The number of nitrogens with zero attached hydrogens (tertiary/aromatic N) is 3. The molecule has 0 atom stereocenters. The standard InChI is InChI=1S/C27H36N4O4/c1-20(32)30-13-15-31(16-14-30)24-11-9-22(10-12-24)23-8-6-7-21(17-23)19-29(5)25(33)18-28-26(34)35-27(2,3)4/h6-12,17H,13-16,18-19H2,1-5H3,(H,28,34). The molecule has 0 bridgehead atoms. The lowest BCUT2D eigenvalue weighted by molar-refractivity contribution is -0.130. The van der Waals surface area contributed by atoms with Crippen LogP contribution in [0, 0.1) is 0 Å². The van der Waals surface area contributed by atoms with Gasteiger partial charge in [-0.3, -0.25) is 9.59 Å². The molecular formula is C27H36N4O4. The van der Waals surface area contributed by atoms with E-state index in [0.29, 0.717) is 6.54 Å². The van der Waals surface area contributed by atoms with Gasteiger partial charge in [-0.05, 0) is 55.7 Å². The van der Waals surface area contributed by atoms with Gasteiger partial charge in [0.15, 0.2) is 0 Å². The molecular weight excluding hydrogens is 444 g/mol. The number of piperazine rings is 1. The first-order chi connectivity index (χ1) is 16.5. The van der Waals surface area contributed by atoms with Crippen LogP contribution in [0.15, 0.2) is 48.5 Å². The second-order valence-corrected chi connectivity index (χ2v) is 9.85. The van der Waals surface area contributed by atoms with E-state index in [0.717, 1.165) is 48.6 Å². The average Bonchev–Trinajstić information content (AvgIpc) is 2.82. The van der Waals surface area contributed by atoms with E-state index < -0.39 is 11.7 Å². The van der Waals surface area contributed by atoms with Crippen molar-refractivity contribution in [2.24, 2.45) is 0 Å². The van der Waals surface area contributed by atoms with Crippen molar-refractivity contribution < 1.29 is 19.1 Å². The lowest BCUT2D eigenvalue weighted by Crippen LogP contribution is -2.48. The molecule has 0 radical (unpaired) electrons. The Bertz CT molecular complexity index is 1040. The number of hydrogen-bond donors (Lipinski definition) is 1. The van der Waals surface area contributed by atoms with Gasteiger partial charge in [0.05, 0.1) is 0 Å². The number of carbonyl (C=O) groups excluding carboxylic acids is 3. The summed E-state index contributed by atoms with van der Waals surface area (Å²) in [5.41, 5.74) is 3.71. The molecule has 0 aromatic heterocycles. The fourth-order valence-electron chi connectivity index (χ4n) is 3.95. The Hall–Kier alpha value is -3.55. The third kappa shape index (κ3) is 7.73. The molecule has 2 aromatic rings. The predicted molar refractivity (Wildman–Crippen MR) is 137 cm³/mol. The van der Waals surface area contributed by atoms with Crippen LogP contribution in [0.1, 0.15) is 33.3 Å². The van der Waals surface area contributed by atoms with Gasteiger partial charge in [0.25, 0.3) is 0 Å². The Labute approximate surface area is 207 Å². The number of carbonyl (C=O) groups is 3. The third-order valence-electron chi connectivity index (χ3n) is 5.85. The number of benzene rings is 2. The number of nitrogens with one attached hydrogen (secondary N) is 1. The fraction of sp³-hybridized carbons (Fsp3) is 0.444. The lowest BCUT2D eigenvalue weighted by atomic mass is 10.0. The van der Waals surface area contributed by atoms with Gasteiger partial charge in [-0.1, -0.05) is 30.3 Å². The van der Waals surface area contributed by atoms with E-state index in [9.17, 15) is 14.4 Å². The van der Waals surface area contributed by atoms with E-state index in [-0.39, 0.29) is 18.4 Å². The van der Waals surface area contributed by atoms with Crippen LogP contribution in [0.25, 0.3) is 11.1 Å². The zero-order valence-electron chi connectivity index (χ0n) is 21.3. The van der Waals surface area contributed by atoms with Crippen LogP contribution < -0.4 is 10.2 Å². The summed E-state index contributed by atoms with van der Waals surface area (Å²) in [6.07, 6.45) is -0.606. The molecule has 0 unspecified atom stereocenters. The zero-order valence-corrected chi connectivity index (χ0v) is 21.3. The van der Waals surface area contributed by atoms with Crippen LogP contribution in [-0.4, -0.2) is 73.1 Å². The molecule has 1 aliphatic heterocycles. The smallest absolute Gasteiger partial charge is 0.408 e. The summed E-state index contributed by atoms with van der Waals surface area (Å²) < 4.78 is 5.17. The van der Waals surface area contributed by atoms with E-state index in [1.54, 1.807) is 39.6 Å². The first-order valence-corrected chi connectivity index (χ1v) is 11.9. The van der Waals surface area contributed by atoms with Crippen LogP contribution in [0.3, 0.4) is 0 Å². The largest absolute Gasteiger partial charge is 0.444 e. The average molecular weight is 481 g/mol. The molecule has 1 aliphatic rings. The minimum atomic E-state index is -0.609. The van der Waals surface area contributed by atoms with Crippen molar-refractivity contribution in [3.8, 4) is 11.1 Å². The molecule has 1 heterocycles. The van der Waals surface area contributed by atoms with Crippen LogP contribution in [-0.2, 0) is 20.9 Å². The molecule has 188 valence electrons. The van der Waals surface area contributed by atoms with Crippen LogP contribution in [0.4, 0.5) is 10.5 Å². The maximum atomic E-state index is 12.4. The summed E-state index contributed by atoms with van der Waals surface area (Å²) in [5.74, 6) is -0.0676. The Morgan fingerprint density at radius 1 is 0.971 bits per heavy atom. The Kier molecular flexibility index (Phi) is 8.38. The Morgan fingerprint density at radius 3 is 2.23 bits per heavy atom. The number of alkyl carbamates (subject to hydrolysis) is 1. The van der Waals surface area contributed by atoms with Crippen LogP contribution >= 0.6 is 0 Å². The van der Waals surface area contributed by atoms with Crippen molar-refractivity contribution >= 4 is 23.6 Å². The quantitative estimate of drug-likeness (QED) is 0.684. The van der Waals surface area contributed by atoms with Gasteiger partial charge in [0.2, 0.25) is 11.8 Å². The molecule has 1 saturated heterocycles. The highest BCUT2D eigenvalue weighted by molar-refractivity contribution is 5.82. The van der Waals surface area contributed by atoms with E-state index in [2.05, 4.69) is 46.6 Å². The minimum absolute atomic E-state index is 0.118. The molecule has 8 heteroatoms. The van der Waals surface area contributed by atoms with Gasteiger partial charge in [0, 0.05) is 52.4 Å². The molecule has 2 aromatic carbocycles. The van der Waals surface area contributed by atoms with Crippen molar-refractivity contribution in [3.63, 3.8) is 0 Å². The Balaban J connectivity index is 1.56. The van der Waals surface area contributed by atoms with Gasteiger partial charge < -0.3 is 24.8 Å². The molecule has 0 aliphatic carbocycles. The maximum Gasteiger partial charge on any atom is 0.408 e. The van der Waals surface area contributed by atoms with Gasteiger partial charge in [-0.15, -0.1) is 0 Å². The number of hydrogen-bond acceptors (Lipinski definition) is 5. The summed E-state index contributed by atoms with van der Waals surface area (Å²) in [7, 11) is 1.71. The number of ether oxygens (including phenoxy) is 1. The third-order valence-corrected chi connectivity index (χ3v) is 5.85. The van der Waals surface area contributed by atoms with Gasteiger partial charge in [-0.2, -0.15) is 0 Å². The molecule has 8 nitrogen and oxygen atoms in total. The van der Waals surface area contributed by atoms with Crippen LogP contribution in [0.2, 0.25) is 0 Å². The van der Waals surface area contributed by atoms with Crippen molar-refractivity contribution in [2.75, 3.05) is 44.7 Å². The summed E-state index contributed by atoms with van der Waals surface area (Å²) in [6, 6.07) is 16.5. The Morgan fingerprint density at radius 2 is 1.63 bits per heavy atom. The van der Waals surface area contributed by atoms with E-state index in [1.165, 1.54) is 0 Å². The molecule has 3 rings (SSSR count). The number of anilines is 1. The second kappa shape index (κ2) is 11.3. The van der Waals surface area contributed by atoms with Gasteiger partial charge in [-0.25, -0.2) is 4.79 Å². The van der Waals surface area contributed by atoms with Crippen LogP contribution in [0.5, 0.6) is 0 Å². The highest BCUT2D eigenvalue weighted by Gasteiger charge is 2.19. The first kappa shape index (κ1) is 26.1. The highest BCUT2D eigenvalue weighted by Crippen LogP contribution is 2.25. The highest BCUT2D eigenvalue weighted by atomic mass is 16.6. The molecule has 35 heavy (non-hydrogen) atoms. The SMILES string of the molecule is CC(=O)N1CCN(c2ccc(-c3cccc(CN(C)C(=O)CNC(=O)OC(C)(C)C)c3)cc2)CC1. The molecule has 1 N–H and O–H groups in total. The summed E-state index contributed by atoms with van der Waals surface area (Å²) >= 11 is 0. The molecule has 0 saturated carbocycles. The van der Waals surface area contributed by atoms with E-state index in [1.807, 2.05) is 17.0 Å². The van der Waals surface area contributed by atoms with E-state index in [4.69, 9.17) is 4.74 Å². The number of likely N-dealkylation sites (N-methyl/N-ethyl adjacent to an activating group) is 1. The summed E-state index contributed by atoms with van der Waals surface area (Å²) in [4.78, 5) is 41.5. The first-order valence-electron chi connectivity index (χ1n) is 11.9. The van der Waals surface area contributed by atoms with Gasteiger partial charge >= 0.3 is 6.09 Å². The van der Waals surface area contributed by atoms with Crippen molar-refractivity contribution in [1.82, 2.24) is 15.1 Å². The normalized spacial score (nSPS) is 13.9. The fourth-order valence-corrected chi connectivity index (χ4v) is 3.95. The minimum Gasteiger partial charge on any atom is -0.444 e. The van der Waals surface area contributed by atoms with Crippen molar-refractivity contribution in [2.45, 2.75) is 39.8 Å².